The van der Waals surface area contributed by atoms with Crippen LogP contribution in [0.15, 0.2) is 48.5 Å². The van der Waals surface area contributed by atoms with Crippen LogP contribution in [0.2, 0.25) is 0 Å². The van der Waals surface area contributed by atoms with Gasteiger partial charge in [-0.2, -0.15) is 0 Å². The topological polar surface area (TPSA) is 58.6 Å². The number of rotatable bonds is 7. The molecule has 0 saturated heterocycles. The average Bonchev–Trinajstić information content (AvgIpc) is 2.77. The van der Waals surface area contributed by atoms with Gasteiger partial charge in [-0.1, -0.05) is 44.4 Å². The van der Waals surface area contributed by atoms with Crippen LogP contribution in [0.1, 0.15) is 66.2 Å². The van der Waals surface area contributed by atoms with Crippen LogP contribution in [0.4, 0.5) is 5.69 Å². The maximum atomic E-state index is 13.1. The van der Waals surface area contributed by atoms with Gasteiger partial charge in [-0.15, -0.1) is 0 Å². The van der Waals surface area contributed by atoms with E-state index in [1.165, 1.54) is 11.3 Å². The molecule has 0 bridgehead atoms. The van der Waals surface area contributed by atoms with Gasteiger partial charge in [0.25, 0.3) is 11.8 Å². The maximum Gasteiger partial charge on any atom is 0.258 e. The SMILES string of the molecule is CCCOc1cccc(C(=O)N(C)c2ccccc2C(=O)NC2CCCCC2)c1. The van der Waals surface area contributed by atoms with E-state index in [9.17, 15) is 9.59 Å². The molecule has 5 nitrogen and oxygen atoms in total. The molecule has 0 atom stereocenters. The summed E-state index contributed by atoms with van der Waals surface area (Å²) in [6, 6.07) is 14.7. The molecule has 154 valence electrons. The Hall–Kier alpha value is -2.82. The molecule has 0 heterocycles. The van der Waals surface area contributed by atoms with E-state index in [0.717, 1.165) is 32.1 Å². The fourth-order valence-electron chi connectivity index (χ4n) is 3.71. The summed E-state index contributed by atoms with van der Waals surface area (Å²) < 4.78 is 5.64. The molecule has 3 rings (SSSR count). The zero-order chi connectivity index (χ0) is 20.6. The number of nitrogens with zero attached hydrogens (tertiary/aromatic N) is 1. The minimum atomic E-state index is -0.176. The van der Waals surface area contributed by atoms with Crippen LogP contribution >= 0.6 is 0 Å². The predicted octanol–water partition coefficient (Wildman–Crippen LogP) is 4.81. The molecule has 5 heteroatoms. The highest BCUT2D eigenvalue weighted by Crippen LogP contribution is 2.24. The monoisotopic (exact) mass is 394 g/mol. The van der Waals surface area contributed by atoms with Gasteiger partial charge in [0.05, 0.1) is 17.9 Å². The van der Waals surface area contributed by atoms with E-state index < -0.39 is 0 Å². The van der Waals surface area contributed by atoms with Crippen molar-refractivity contribution < 1.29 is 14.3 Å². The molecule has 1 fully saturated rings. The third kappa shape index (κ3) is 5.37. The number of amides is 2. The molecular weight excluding hydrogens is 364 g/mol. The summed E-state index contributed by atoms with van der Waals surface area (Å²) in [5, 5.41) is 3.14. The smallest absolute Gasteiger partial charge is 0.258 e. The number of anilines is 1. The fraction of sp³-hybridized carbons (Fsp3) is 0.417. The van der Waals surface area contributed by atoms with Crippen molar-refractivity contribution in [3.8, 4) is 5.75 Å². The van der Waals surface area contributed by atoms with E-state index in [-0.39, 0.29) is 17.9 Å². The molecule has 1 saturated carbocycles. The lowest BCUT2D eigenvalue weighted by molar-refractivity contribution is 0.0928. The van der Waals surface area contributed by atoms with E-state index in [1.807, 2.05) is 37.3 Å². The first kappa shape index (κ1) is 20.9. The molecule has 1 aliphatic carbocycles. The highest BCUT2D eigenvalue weighted by atomic mass is 16.5. The van der Waals surface area contributed by atoms with Crippen LogP contribution < -0.4 is 15.0 Å². The molecule has 0 spiro atoms. The molecule has 1 aliphatic rings. The van der Waals surface area contributed by atoms with Gasteiger partial charge >= 0.3 is 0 Å². The minimum Gasteiger partial charge on any atom is -0.494 e. The summed E-state index contributed by atoms with van der Waals surface area (Å²) in [7, 11) is 1.70. The van der Waals surface area contributed by atoms with Crippen LogP contribution in [0.3, 0.4) is 0 Å². The van der Waals surface area contributed by atoms with Crippen molar-refractivity contribution in [2.24, 2.45) is 0 Å². The first-order chi connectivity index (χ1) is 14.1. The third-order valence-corrected chi connectivity index (χ3v) is 5.31. The second-order valence-corrected chi connectivity index (χ2v) is 7.57. The summed E-state index contributed by atoms with van der Waals surface area (Å²) in [4.78, 5) is 27.5. The number of hydrogen-bond donors (Lipinski definition) is 1. The van der Waals surface area contributed by atoms with Gasteiger partial charge in [0.1, 0.15) is 5.75 Å². The highest BCUT2D eigenvalue weighted by molar-refractivity contribution is 6.10. The van der Waals surface area contributed by atoms with Crippen molar-refractivity contribution in [1.29, 1.82) is 0 Å². The molecule has 0 aliphatic heterocycles. The normalized spacial score (nSPS) is 14.3. The second-order valence-electron chi connectivity index (χ2n) is 7.57. The lowest BCUT2D eigenvalue weighted by atomic mass is 9.95. The second kappa shape index (κ2) is 10.1. The van der Waals surface area contributed by atoms with Gasteiger partial charge in [-0.25, -0.2) is 0 Å². The van der Waals surface area contributed by atoms with E-state index in [0.29, 0.717) is 29.2 Å². The lowest BCUT2D eigenvalue weighted by Crippen LogP contribution is -2.37. The lowest BCUT2D eigenvalue weighted by Gasteiger charge is -2.25. The molecule has 2 aromatic carbocycles. The zero-order valence-corrected chi connectivity index (χ0v) is 17.3. The Balaban J connectivity index is 1.77. The summed E-state index contributed by atoms with van der Waals surface area (Å²) in [5.41, 5.74) is 1.65. The number of carbonyl (C=O) groups is 2. The van der Waals surface area contributed by atoms with Crippen molar-refractivity contribution in [2.75, 3.05) is 18.6 Å². The minimum absolute atomic E-state index is 0.118. The Bertz CT molecular complexity index is 844. The van der Waals surface area contributed by atoms with Gasteiger partial charge in [-0.05, 0) is 49.6 Å². The molecule has 0 aromatic heterocycles. The van der Waals surface area contributed by atoms with E-state index in [2.05, 4.69) is 5.32 Å². The van der Waals surface area contributed by atoms with E-state index in [4.69, 9.17) is 4.74 Å². The Kier molecular flexibility index (Phi) is 7.28. The van der Waals surface area contributed by atoms with Crippen molar-refractivity contribution >= 4 is 17.5 Å². The summed E-state index contributed by atoms with van der Waals surface area (Å²) in [5.74, 6) is 0.381. The number of carbonyl (C=O) groups excluding carboxylic acids is 2. The summed E-state index contributed by atoms with van der Waals surface area (Å²) in [6.07, 6.45) is 6.49. The van der Waals surface area contributed by atoms with Gasteiger partial charge < -0.3 is 15.0 Å². The van der Waals surface area contributed by atoms with Crippen LogP contribution in [-0.2, 0) is 0 Å². The standard InChI is InChI=1S/C24H30N2O3/c1-3-16-29-20-13-9-10-18(17-20)24(28)26(2)22-15-8-7-14-21(22)23(27)25-19-11-5-4-6-12-19/h7-10,13-15,17,19H,3-6,11-12,16H2,1-2H3,(H,25,27). The number of benzene rings is 2. The van der Waals surface area contributed by atoms with Crippen LogP contribution in [0.5, 0.6) is 5.75 Å². The molecule has 1 N–H and O–H groups in total. The predicted molar refractivity (Wildman–Crippen MR) is 116 cm³/mol. The van der Waals surface area contributed by atoms with Crippen molar-refractivity contribution in [3.05, 3.63) is 59.7 Å². The number of hydrogen-bond acceptors (Lipinski definition) is 3. The molecule has 2 amide bonds. The Morgan fingerprint density at radius 3 is 2.59 bits per heavy atom. The van der Waals surface area contributed by atoms with Gasteiger partial charge in [0.15, 0.2) is 0 Å². The largest absolute Gasteiger partial charge is 0.494 e. The Morgan fingerprint density at radius 1 is 1.07 bits per heavy atom. The average molecular weight is 395 g/mol. The fourth-order valence-corrected chi connectivity index (χ4v) is 3.71. The van der Waals surface area contributed by atoms with Gasteiger partial charge in [-0.3, -0.25) is 9.59 Å². The zero-order valence-electron chi connectivity index (χ0n) is 17.3. The van der Waals surface area contributed by atoms with Crippen LogP contribution in [-0.4, -0.2) is 31.5 Å². The first-order valence-corrected chi connectivity index (χ1v) is 10.5. The molecule has 29 heavy (non-hydrogen) atoms. The van der Waals surface area contributed by atoms with Crippen molar-refractivity contribution in [1.82, 2.24) is 5.32 Å². The first-order valence-electron chi connectivity index (χ1n) is 10.5. The number of para-hydroxylation sites is 1. The van der Waals surface area contributed by atoms with Crippen LogP contribution in [0, 0.1) is 0 Å². The maximum absolute atomic E-state index is 13.1. The Morgan fingerprint density at radius 2 is 1.83 bits per heavy atom. The van der Waals surface area contributed by atoms with Gasteiger partial charge in [0, 0.05) is 18.7 Å². The van der Waals surface area contributed by atoms with Crippen LogP contribution in [0.25, 0.3) is 0 Å². The van der Waals surface area contributed by atoms with Crippen molar-refractivity contribution in [3.63, 3.8) is 0 Å². The molecule has 0 radical (unpaired) electrons. The summed E-state index contributed by atoms with van der Waals surface area (Å²) in [6.45, 7) is 2.65. The molecular formula is C24H30N2O3. The molecule has 0 unspecified atom stereocenters. The third-order valence-electron chi connectivity index (χ3n) is 5.31. The Labute approximate surface area is 173 Å². The van der Waals surface area contributed by atoms with Crippen molar-refractivity contribution in [2.45, 2.75) is 51.5 Å². The quantitative estimate of drug-likeness (QED) is 0.733. The number of nitrogens with one attached hydrogen (secondary N) is 1. The van der Waals surface area contributed by atoms with E-state index >= 15 is 0 Å². The van der Waals surface area contributed by atoms with Gasteiger partial charge in [0.2, 0.25) is 0 Å². The number of ether oxygens (including phenoxy) is 1. The highest BCUT2D eigenvalue weighted by Gasteiger charge is 2.22. The molecule has 2 aromatic rings. The van der Waals surface area contributed by atoms with E-state index in [1.54, 1.807) is 25.2 Å². The summed E-state index contributed by atoms with van der Waals surface area (Å²) >= 11 is 0.